The molecule has 1 aliphatic heterocycles. The number of hydrogen-bond acceptors (Lipinski definition) is 3. The number of piperidine rings is 1. The molecular formula is C21H26N2O3S. The molecule has 6 heteroatoms. The van der Waals surface area contributed by atoms with Crippen molar-refractivity contribution in [2.24, 2.45) is 5.92 Å². The third-order valence-electron chi connectivity index (χ3n) is 5.10. The first-order valence-electron chi connectivity index (χ1n) is 9.24. The average Bonchev–Trinajstić information content (AvgIpc) is 2.67. The number of rotatable bonds is 4. The summed E-state index contributed by atoms with van der Waals surface area (Å²) in [6, 6.07) is 13.7. The summed E-state index contributed by atoms with van der Waals surface area (Å²) in [5, 5.41) is 0. The molecule has 0 bridgehead atoms. The van der Waals surface area contributed by atoms with E-state index in [0.717, 1.165) is 18.4 Å². The van der Waals surface area contributed by atoms with Crippen LogP contribution in [0, 0.1) is 12.8 Å². The highest BCUT2D eigenvalue weighted by atomic mass is 32.2. The Labute approximate surface area is 161 Å². The van der Waals surface area contributed by atoms with E-state index in [4.69, 9.17) is 0 Å². The van der Waals surface area contributed by atoms with Crippen molar-refractivity contribution in [2.45, 2.75) is 31.6 Å². The number of sulfonamides is 1. The summed E-state index contributed by atoms with van der Waals surface area (Å²) in [4.78, 5) is 15.1. The highest BCUT2D eigenvalue weighted by molar-refractivity contribution is 7.92. The number of benzene rings is 2. The number of anilines is 1. The summed E-state index contributed by atoms with van der Waals surface area (Å²) in [6.07, 6.45) is 2.10. The predicted octanol–water partition coefficient (Wildman–Crippen LogP) is 3.69. The maximum Gasteiger partial charge on any atom is 0.264 e. The molecule has 2 aromatic carbocycles. The Kier molecular flexibility index (Phi) is 5.56. The minimum atomic E-state index is -3.74. The second kappa shape index (κ2) is 7.72. The largest absolute Gasteiger partial charge is 0.338 e. The molecule has 0 spiro atoms. The molecule has 5 nitrogen and oxygen atoms in total. The van der Waals surface area contributed by atoms with Crippen LogP contribution in [0.4, 0.5) is 5.69 Å². The van der Waals surface area contributed by atoms with Gasteiger partial charge >= 0.3 is 0 Å². The first-order chi connectivity index (χ1) is 12.8. The minimum Gasteiger partial charge on any atom is -0.338 e. The van der Waals surface area contributed by atoms with Crippen LogP contribution in [0.15, 0.2) is 53.4 Å². The average molecular weight is 387 g/mol. The Hall–Kier alpha value is -2.34. The fourth-order valence-electron chi connectivity index (χ4n) is 3.47. The van der Waals surface area contributed by atoms with Gasteiger partial charge in [0.25, 0.3) is 15.9 Å². The van der Waals surface area contributed by atoms with Crippen molar-refractivity contribution in [1.29, 1.82) is 0 Å². The van der Waals surface area contributed by atoms with E-state index in [0.29, 0.717) is 30.3 Å². The number of carbonyl (C=O) groups excluding carboxylic acids is 1. The normalized spacial score (nSPS) is 17.6. The summed E-state index contributed by atoms with van der Waals surface area (Å²) in [5.74, 6) is 0.354. The van der Waals surface area contributed by atoms with Gasteiger partial charge in [0.2, 0.25) is 0 Å². The predicted molar refractivity (Wildman–Crippen MR) is 108 cm³/mol. The third-order valence-corrected chi connectivity index (χ3v) is 6.88. The van der Waals surface area contributed by atoms with E-state index in [9.17, 15) is 13.2 Å². The van der Waals surface area contributed by atoms with Gasteiger partial charge in [-0.05, 0) is 49.9 Å². The molecule has 3 rings (SSSR count). The fraction of sp³-hybridized carbons (Fsp3) is 0.381. The molecule has 1 fully saturated rings. The first-order valence-corrected chi connectivity index (χ1v) is 10.7. The molecule has 0 N–H and O–H groups in total. The number of hydrogen-bond donors (Lipinski definition) is 0. The van der Waals surface area contributed by atoms with Crippen molar-refractivity contribution < 1.29 is 13.2 Å². The smallest absolute Gasteiger partial charge is 0.264 e. The Morgan fingerprint density at radius 3 is 2.44 bits per heavy atom. The van der Waals surface area contributed by atoms with Crippen molar-refractivity contribution in [3.8, 4) is 0 Å². The fourth-order valence-corrected chi connectivity index (χ4v) is 4.69. The quantitative estimate of drug-likeness (QED) is 0.805. The molecule has 1 aliphatic rings. The lowest BCUT2D eigenvalue weighted by Crippen LogP contribution is -2.40. The van der Waals surface area contributed by atoms with Crippen LogP contribution in [0.3, 0.4) is 0 Å². The summed E-state index contributed by atoms with van der Waals surface area (Å²) < 4.78 is 27.3. The van der Waals surface area contributed by atoms with Crippen molar-refractivity contribution in [2.75, 3.05) is 24.4 Å². The zero-order valence-electron chi connectivity index (χ0n) is 16.1. The van der Waals surface area contributed by atoms with E-state index in [1.54, 1.807) is 48.5 Å². The van der Waals surface area contributed by atoms with Crippen LogP contribution in [0.5, 0.6) is 0 Å². The van der Waals surface area contributed by atoms with Gasteiger partial charge in [-0.15, -0.1) is 0 Å². The second-order valence-corrected chi connectivity index (χ2v) is 9.27. The monoisotopic (exact) mass is 386 g/mol. The van der Waals surface area contributed by atoms with Gasteiger partial charge in [-0.25, -0.2) is 8.42 Å². The summed E-state index contributed by atoms with van der Waals surface area (Å²) in [7, 11) is -2.24. The van der Waals surface area contributed by atoms with E-state index in [1.807, 2.05) is 11.8 Å². The van der Waals surface area contributed by atoms with Crippen LogP contribution < -0.4 is 4.31 Å². The highest BCUT2D eigenvalue weighted by Gasteiger charge is 2.28. The van der Waals surface area contributed by atoms with Crippen molar-refractivity contribution >= 4 is 21.6 Å². The number of para-hydroxylation sites is 1. The number of amides is 1. The van der Waals surface area contributed by atoms with Gasteiger partial charge in [-0.2, -0.15) is 0 Å². The van der Waals surface area contributed by atoms with Gasteiger partial charge in [-0.3, -0.25) is 9.10 Å². The minimum absolute atomic E-state index is 0.108. The molecule has 2 aromatic rings. The van der Waals surface area contributed by atoms with Gasteiger partial charge in [0.05, 0.1) is 16.1 Å². The van der Waals surface area contributed by atoms with Crippen LogP contribution in [-0.4, -0.2) is 39.4 Å². The lowest BCUT2D eigenvalue weighted by atomic mass is 9.99. The topological polar surface area (TPSA) is 57.7 Å². The van der Waals surface area contributed by atoms with E-state index in [1.165, 1.54) is 11.4 Å². The van der Waals surface area contributed by atoms with Gasteiger partial charge in [0.15, 0.2) is 0 Å². The maximum atomic E-state index is 13.1. The molecule has 0 aliphatic carbocycles. The number of aryl methyl sites for hydroxylation is 1. The molecule has 1 amide bonds. The zero-order chi connectivity index (χ0) is 19.6. The molecule has 1 atom stereocenters. The van der Waals surface area contributed by atoms with Crippen LogP contribution in [0.1, 0.15) is 35.7 Å². The Morgan fingerprint density at radius 2 is 1.78 bits per heavy atom. The van der Waals surface area contributed by atoms with Crippen LogP contribution in [0.2, 0.25) is 0 Å². The molecule has 144 valence electrons. The first kappa shape index (κ1) is 19.4. The lowest BCUT2D eigenvalue weighted by molar-refractivity contribution is 0.0684. The van der Waals surface area contributed by atoms with E-state index in [2.05, 4.69) is 6.92 Å². The summed E-state index contributed by atoms with van der Waals surface area (Å²) in [5.41, 5.74) is 1.82. The second-order valence-electron chi connectivity index (χ2n) is 7.30. The van der Waals surface area contributed by atoms with E-state index >= 15 is 0 Å². The van der Waals surface area contributed by atoms with Gasteiger partial charge < -0.3 is 4.90 Å². The van der Waals surface area contributed by atoms with E-state index in [-0.39, 0.29) is 10.8 Å². The summed E-state index contributed by atoms with van der Waals surface area (Å²) in [6.45, 7) is 5.47. The molecular weight excluding hydrogens is 360 g/mol. The van der Waals surface area contributed by atoms with Gasteiger partial charge in [0, 0.05) is 20.1 Å². The summed E-state index contributed by atoms with van der Waals surface area (Å²) >= 11 is 0. The van der Waals surface area contributed by atoms with Crippen molar-refractivity contribution in [1.82, 2.24) is 4.90 Å². The van der Waals surface area contributed by atoms with Gasteiger partial charge in [0.1, 0.15) is 0 Å². The molecule has 1 saturated heterocycles. The Balaban J connectivity index is 1.95. The molecule has 1 heterocycles. The molecule has 27 heavy (non-hydrogen) atoms. The number of nitrogens with zero attached hydrogens (tertiary/aromatic N) is 2. The Bertz CT molecular complexity index is 923. The number of carbonyl (C=O) groups is 1. The standard InChI is InChI=1S/C21H26N2O3S/c1-16-10-12-18(13-11-16)27(25,26)22(3)20-9-5-4-8-19(20)21(24)23-14-6-7-17(2)15-23/h4-5,8-13,17H,6-7,14-15H2,1-3H3/t17-/m0/s1. The van der Waals surface area contributed by atoms with Gasteiger partial charge in [-0.1, -0.05) is 36.8 Å². The van der Waals surface area contributed by atoms with E-state index < -0.39 is 10.0 Å². The highest BCUT2D eigenvalue weighted by Crippen LogP contribution is 2.28. The molecule has 0 saturated carbocycles. The molecule has 0 unspecified atom stereocenters. The third kappa shape index (κ3) is 4.00. The van der Waals surface area contributed by atoms with Crippen LogP contribution in [-0.2, 0) is 10.0 Å². The molecule has 0 aromatic heterocycles. The zero-order valence-corrected chi connectivity index (χ0v) is 16.9. The molecule has 0 radical (unpaired) electrons. The Morgan fingerprint density at radius 1 is 1.11 bits per heavy atom. The lowest BCUT2D eigenvalue weighted by Gasteiger charge is -2.32. The SMILES string of the molecule is Cc1ccc(S(=O)(=O)N(C)c2ccccc2C(=O)N2CCC[C@H](C)C2)cc1. The number of likely N-dealkylation sites (tertiary alicyclic amines) is 1. The maximum absolute atomic E-state index is 13.1. The van der Waals surface area contributed by atoms with Crippen LogP contribution in [0.25, 0.3) is 0 Å². The van der Waals surface area contributed by atoms with Crippen molar-refractivity contribution in [3.05, 3.63) is 59.7 Å². The van der Waals surface area contributed by atoms with Crippen molar-refractivity contribution in [3.63, 3.8) is 0 Å². The van der Waals surface area contributed by atoms with Crippen LogP contribution >= 0.6 is 0 Å².